The third kappa shape index (κ3) is 4.75. The number of anilines is 1. The molecule has 0 bridgehead atoms. The van der Waals surface area contributed by atoms with Crippen LogP contribution >= 0.6 is 22.9 Å². The number of likely N-dealkylation sites (tertiary alicyclic amines) is 2. The highest BCUT2D eigenvalue weighted by Gasteiger charge is 2.57. The third-order valence-corrected chi connectivity index (χ3v) is 8.20. The summed E-state index contributed by atoms with van der Waals surface area (Å²) in [4.78, 5) is 35.3. The summed E-state index contributed by atoms with van der Waals surface area (Å²) < 4.78 is 2.13. The number of benzene rings is 2. The number of nitrogens with one attached hydrogen (secondary N) is 1. The van der Waals surface area contributed by atoms with Crippen molar-refractivity contribution in [3.63, 3.8) is 0 Å². The van der Waals surface area contributed by atoms with E-state index in [1.54, 1.807) is 22.1 Å². The maximum Gasteiger partial charge on any atom is 0.265 e. The van der Waals surface area contributed by atoms with E-state index in [1.165, 1.54) is 23.1 Å². The molecule has 9 nitrogen and oxygen atoms in total. The molecule has 1 unspecified atom stereocenters. The molecule has 2 saturated heterocycles. The van der Waals surface area contributed by atoms with Gasteiger partial charge in [0.1, 0.15) is 17.5 Å². The summed E-state index contributed by atoms with van der Waals surface area (Å²) in [5.41, 5.74) is 2.46. The number of thiazole rings is 1. The van der Waals surface area contributed by atoms with Crippen molar-refractivity contribution in [3.8, 4) is 5.69 Å². The topological polar surface area (TPSA) is 96.3 Å². The second kappa shape index (κ2) is 9.70. The van der Waals surface area contributed by atoms with E-state index in [4.69, 9.17) is 11.6 Å². The van der Waals surface area contributed by atoms with Crippen molar-refractivity contribution in [2.45, 2.75) is 6.54 Å². The monoisotopic (exact) mass is 533 g/mol. The van der Waals surface area contributed by atoms with Crippen LogP contribution in [0, 0.1) is 11.3 Å². The lowest BCUT2D eigenvalue weighted by Gasteiger charge is -2.50. The van der Waals surface area contributed by atoms with Gasteiger partial charge in [0.15, 0.2) is 4.47 Å². The van der Waals surface area contributed by atoms with Gasteiger partial charge < -0.3 is 10.2 Å². The molecule has 0 aliphatic carbocycles. The molecule has 0 radical (unpaired) electrons. The highest BCUT2D eigenvalue weighted by molar-refractivity contribution is 7.17. The van der Waals surface area contributed by atoms with E-state index < -0.39 is 0 Å². The van der Waals surface area contributed by atoms with E-state index in [2.05, 4.69) is 37.5 Å². The molecule has 2 fully saturated rings. The molecule has 1 spiro atoms. The zero-order chi connectivity index (χ0) is 25.4. The van der Waals surface area contributed by atoms with E-state index in [1.807, 2.05) is 42.5 Å². The Morgan fingerprint density at radius 2 is 1.84 bits per heavy atom. The Hall–Kier alpha value is -3.60. The number of carbonyl (C=O) groups excluding carboxylic acids is 2. The normalized spacial score (nSPS) is 18.6. The van der Waals surface area contributed by atoms with Gasteiger partial charge in [-0.3, -0.25) is 19.1 Å². The summed E-state index contributed by atoms with van der Waals surface area (Å²) in [6.07, 6.45) is 4.75. The molecule has 2 aromatic heterocycles. The predicted octanol–water partition coefficient (Wildman–Crippen LogP) is 3.59. The molecule has 37 heavy (non-hydrogen) atoms. The number of halogens is 1. The van der Waals surface area contributed by atoms with Gasteiger partial charge >= 0.3 is 0 Å². The average molecular weight is 534 g/mol. The fourth-order valence-corrected chi connectivity index (χ4v) is 6.29. The lowest BCUT2D eigenvalue weighted by Crippen LogP contribution is -2.63. The van der Waals surface area contributed by atoms with Crippen molar-refractivity contribution in [3.05, 3.63) is 88.4 Å². The molecular formula is C26H24ClN7O2S. The first-order valence-electron chi connectivity index (χ1n) is 11.9. The zero-order valence-corrected chi connectivity index (χ0v) is 21.4. The Morgan fingerprint density at radius 1 is 1.05 bits per heavy atom. The summed E-state index contributed by atoms with van der Waals surface area (Å²) in [5, 5.41) is 10.8. The molecule has 188 valence electrons. The van der Waals surface area contributed by atoms with Gasteiger partial charge in [-0.25, -0.2) is 4.98 Å². The molecule has 11 heteroatoms. The fraction of sp³-hybridized carbons (Fsp3) is 0.269. The molecule has 6 rings (SSSR count). The molecule has 1 N–H and O–H groups in total. The highest BCUT2D eigenvalue weighted by atomic mass is 35.5. The van der Waals surface area contributed by atoms with Crippen LogP contribution < -0.4 is 5.32 Å². The van der Waals surface area contributed by atoms with E-state index in [9.17, 15) is 9.59 Å². The van der Waals surface area contributed by atoms with Crippen LogP contribution in [0.4, 0.5) is 5.69 Å². The van der Waals surface area contributed by atoms with Crippen molar-refractivity contribution in [2.75, 3.05) is 31.5 Å². The van der Waals surface area contributed by atoms with Gasteiger partial charge in [0.25, 0.3) is 5.91 Å². The third-order valence-electron chi connectivity index (χ3n) is 7.10. The maximum atomic E-state index is 13.7. The Bertz CT molecular complexity index is 1420. The second-order valence-electron chi connectivity index (χ2n) is 9.62. The van der Waals surface area contributed by atoms with Gasteiger partial charge in [0.2, 0.25) is 5.91 Å². The van der Waals surface area contributed by atoms with Crippen molar-refractivity contribution >= 4 is 40.4 Å². The average Bonchev–Trinajstić information content (AvgIpc) is 3.64. The van der Waals surface area contributed by atoms with Gasteiger partial charge in [-0.15, -0.1) is 10.2 Å². The highest BCUT2D eigenvalue weighted by Crippen LogP contribution is 2.45. The molecular weight excluding hydrogens is 510 g/mol. The van der Waals surface area contributed by atoms with Gasteiger partial charge in [-0.1, -0.05) is 59.3 Å². The number of carbonyl (C=O) groups is 2. The Labute approximate surface area is 222 Å². The quantitative estimate of drug-likeness (QED) is 0.407. The fourth-order valence-electron chi connectivity index (χ4n) is 5.39. The molecule has 2 amide bonds. The first-order valence-corrected chi connectivity index (χ1v) is 13.1. The molecule has 4 heterocycles. The summed E-state index contributed by atoms with van der Waals surface area (Å²) >= 11 is 7.12. The minimum atomic E-state index is -0.311. The summed E-state index contributed by atoms with van der Waals surface area (Å²) in [6, 6.07) is 17.8. The van der Waals surface area contributed by atoms with Crippen LogP contribution in [0.3, 0.4) is 0 Å². The van der Waals surface area contributed by atoms with E-state index in [0.717, 1.165) is 18.8 Å². The Kier molecular flexibility index (Phi) is 6.23. The number of rotatable bonds is 6. The van der Waals surface area contributed by atoms with Crippen LogP contribution in [0.5, 0.6) is 0 Å². The van der Waals surface area contributed by atoms with E-state index in [0.29, 0.717) is 34.7 Å². The first-order chi connectivity index (χ1) is 18.0. The van der Waals surface area contributed by atoms with Gasteiger partial charge in [-0.05, 0) is 23.8 Å². The Morgan fingerprint density at radius 3 is 2.57 bits per heavy atom. The summed E-state index contributed by atoms with van der Waals surface area (Å²) in [7, 11) is 0. The van der Waals surface area contributed by atoms with Crippen molar-refractivity contribution in [1.82, 2.24) is 29.5 Å². The number of hydrogen-bond acceptors (Lipinski definition) is 7. The number of hydrogen-bond donors (Lipinski definition) is 1. The maximum absolute atomic E-state index is 13.7. The number of nitrogens with zero attached hydrogens (tertiary/aromatic N) is 6. The largest absolute Gasteiger partial charge is 0.336 e. The smallest absolute Gasteiger partial charge is 0.265 e. The van der Waals surface area contributed by atoms with Crippen LogP contribution in [0.1, 0.15) is 15.2 Å². The van der Waals surface area contributed by atoms with E-state index >= 15 is 0 Å². The summed E-state index contributed by atoms with van der Waals surface area (Å²) in [6.45, 7) is 3.17. The Balaban J connectivity index is 1.21. The summed E-state index contributed by atoms with van der Waals surface area (Å²) in [5.74, 6) is -0.384. The molecule has 2 aromatic carbocycles. The van der Waals surface area contributed by atoms with Crippen molar-refractivity contribution in [2.24, 2.45) is 11.3 Å². The number of amides is 2. The van der Waals surface area contributed by atoms with Crippen molar-refractivity contribution in [1.29, 1.82) is 0 Å². The zero-order valence-electron chi connectivity index (χ0n) is 19.8. The minimum Gasteiger partial charge on any atom is -0.336 e. The minimum absolute atomic E-state index is 0.0376. The van der Waals surface area contributed by atoms with Crippen LogP contribution in [0.15, 0.2) is 73.4 Å². The number of aromatic nitrogens is 4. The van der Waals surface area contributed by atoms with Gasteiger partial charge in [-0.2, -0.15) is 0 Å². The second-order valence-corrected chi connectivity index (χ2v) is 11.2. The van der Waals surface area contributed by atoms with Crippen LogP contribution in [0.2, 0.25) is 4.47 Å². The molecule has 4 aromatic rings. The van der Waals surface area contributed by atoms with Crippen LogP contribution in [-0.2, 0) is 11.3 Å². The standard InChI is InChI=1S/C26H24ClN7O2S/c27-25-28-10-22(37-25)24(36)33-14-26(15-33)13-32(11-18-5-2-1-3-6-18)12-21(26)23(35)31-19-7-4-8-20(9-19)34-16-29-30-17-34/h1-10,16-17,21H,11-15H2,(H,31,35). The van der Waals surface area contributed by atoms with Crippen LogP contribution in [-0.4, -0.2) is 67.5 Å². The van der Waals surface area contributed by atoms with Gasteiger partial charge in [0.05, 0.1) is 17.8 Å². The molecule has 0 saturated carbocycles. The lowest BCUT2D eigenvalue weighted by molar-refractivity contribution is -0.126. The molecule has 2 aliphatic rings. The SMILES string of the molecule is O=C(Nc1cccc(-n2cnnc2)c1)C1CN(Cc2ccccc2)CC12CN(C(=O)c1cnc(Cl)s1)C2. The van der Waals surface area contributed by atoms with Crippen molar-refractivity contribution < 1.29 is 9.59 Å². The lowest BCUT2D eigenvalue weighted by atomic mass is 9.71. The molecule has 2 aliphatic heterocycles. The van der Waals surface area contributed by atoms with Gasteiger partial charge in [0, 0.05) is 43.8 Å². The molecule has 1 atom stereocenters. The van der Waals surface area contributed by atoms with Crippen LogP contribution in [0.25, 0.3) is 5.69 Å². The predicted molar refractivity (Wildman–Crippen MR) is 141 cm³/mol. The van der Waals surface area contributed by atoms with E-state index in [-0.39, 0.29) is 23.1 Å². The first kappa shape index (κ1) is 23.8.